The van der Waals surface area contributed by atoms with Crippen molar-refractivity contribution in [2.75, 3.05) is 19.5 Å². The summed E-state index contributed by atoms with van der Waals surface area (Å²) in [5, 5.41) is 10.4. The molecule has 3 aromatic rings. The van der Waals surface area contributed by atoms with Crippen LogP contribution >= 0.6 is 11.3 Å². The molecule has 0 saturated carbocycles. The summed E-state index contributed by atoms with van der Waals surface area (Å²) in [6, 6.07) is 5.93. The summed E-state index contributed by atoms with van der Waals surface area (Å²) in [5.41, 5.74) is -1.23. The molecule has 0 aliphatic rings. The Morgan fingerprint density at radius 2 is 1.86 bits per heavy atom. The van der Waals surface area contributed by atoms with Crippen molar-refractivity contribution < 1.29 is 40.6 Å². The van der Waals surface area contributed by atoms with Crippen LogP contribution in [0.25, 0.3) is 0 Å². The number of benzene rings is 2. The molecule has 1 aromatic heterocycles. The lowest BCUT2D eigenvalue weighted by Gasteiger charge is -2.18. The minimum atomic E-state index is -5.01. The van der Waals surface area contributed by atoms with E-state index >= 15 is 0 Å². The van der Waals surface area contributed by atoms with Crippen LogP contribution in [0.5, 0.6) is 11.5 Å². The van der Waals surface area contributed by atoms with E-state index in [-0.39, 0.29) is 29.9 Å². The lowest BCUT2D eigenvalue weighted by molar-refractivity contribution is -0.143. The third-order valence-corrected chi connectivity index (χ3v) is 5.67. The van der Waals surface area contributed by atoms with Gasteiger partial charge in [0, 0.05) is 18.8 Å². The van der Waals surface area contributed by atoms with Crippen LogP contribution in [0.15, 0.2) is 46.9 Å². The van der Waals surface area contributed by atoms with Crippen LogP contribution in [-0.2, 0) is 30.2 Å². The molecule has 1 amide bonds. The van der Waals surface area contributed by atoms with Gasteiger partial charge in [-0.2, -0.15) is 26.3 Å². The number of amides is 1. The molecular formula is C23H20F6N4O3S. The minimum absolute atomic E-state index is 0.0568. The van der Waals surface area contributed by atoms with Crippen LogP contribution in [0.2, 0.25) is 0 Å². The molecule has 0 fully saturated rings. The van der Waals surface area contributed by atoms with E-state index < -0.39 is 41.6 Å². The van der Waals surface area contributed by atoms with Gasteiger partial charge in [0.1, 0.15) is 12.1 Å². The van der Waals surface area contributed by atoms with E-state index in [4.69, 9.17) is 9.47 Å². The first-order valence-corrected chi connectivity index (χ1v) is 11.4. The number of methoxy groups -OCH3 is 1. The molecule has 0 aliphatic heterocycles. The first-order chi connectivity index (χ1) is 17.4. The van der Waals surface area contributed by atoms with Crippen molar-refractivity contribution in [1.82, 2.24) is 10.2 Å². The maximum Gasteiger partial charge on any atom is 0.416 e. The monoisotopic (exact) mass is 546 g/mol. The molecule has 0 saturated heterocycles. The highest BCUT2D eigenvalue weighted by Crippen LogP contribution is 2.38. The SMILES string of the molecule is CN=CC(Cc1ccc(OCc2ccc(C(F)(F)F)cc2C(F)(F)F)c(OC)c1)C(=O)Nc1nncs1. The summed E-state index contributed by atoms with van der Waals surface area (Å²) in [7, 11) is 2.83. The van der Waals surface area contributed by atoms with Crippen LogP contribution in [0.4, 0.5) is 31.5 Å². The smallest absolute Gasteiger partial charge is 0.416 e. The molecule has 1 heterocycles. The Morgan fingerprint density at radius 3 is 2.46 bits per heavy atom. The van der Waals surface area contributed by atoms with Crippen molar-refractivity contribution in [2.45, 2.75) is 25.4 Å². The summed E-state index contributed by atoms with van der Waals surface area (Å²) >= 11 is 1.15. The van der Waals surface area contributed by atoms with Gasteiger partial charge in [0.05, 0.1) is 24.2 Å². The quantitative estimate of drug-likeness (QED) is 0.277. The highest BCUT2D eigenvalue weighted by atomic mass is 32.1. The standard InChI is InChI=1S/C23H20F6N4O3S/c1-30-10-15(20(34)32-21-33-31-12-37-21)7-13-3-6-18(19(8-13)35-2)36-11-14-4-5-16(22(24,25)26)9-17(14)23(27,28)29/h3-6,8-10,12,15H,7,11H2,1-2H3,(H,32,33,34). The third kappa shape index (κ3) is 7.41. The lowest BCUT2D eigenvalue weighted by atomic mass is 9.99. The molecule has 14 heteroatoms. The van der Waals surface area contributed by atoms with Gasteiger partial charge in [-0.05, 0) is 36.2 Å². The van der Waals surface area contributed by atoms with Gasteiger partial charge in [0.15, 0.2) is 11.5 Å². The van der Waals surface area contributed by atoms with Gasteiger partial charge in [0.2, 0.25) is 11.0 Å². The second kappa shape index (κ2) is 11.6. The average Bonchev–Trinajstić information content (AvgIpc) is 3.34. The Labute approximate surface area is 211 Å². The summed E-state index contributed by atoms with van der Waals surface area (Å²) < 4.78 is 89.7. The van der Waals surface area contributed by atoms with Crippen LogP contribution in [0, 0.1) is 5.92 Å². The lowest BCUT2D eigenvalue weighted by Crippen LogP contribution is -2.26. The van der Waals surface area contributed by atoms with Crippen molar-refractivity contribution in [3.8, 4) is 11.5 Å². The average molecular weight is 546 g/mol. The van der Waals surface area contributed by atoms with Crippen molar-refractivity contribution in [3.05, 3.63) is 64.2 Å². The van der Waals surface area contributed by atoms with E-state index in [1.165, 1.54) is 31.9 Å². The number of nitrogens with one attached hydrogen (secondary N) is 1. The van der Waals surface area contributed by atoms with E-state index in [9.17, 15) is 31.1 Å². The number of nitrogens with zero attached hydrogens (tertiary/aromatic N) is 3. The summed E-state index contributed by atoms with van der Waals surface area (Å²) in [5.74, 6) is -0.816. The molecule has 0 aliphatic carbocycles. The van der Waals surface area contributed by atoms with Gasteiger partial charge < -0.3 is 14.5 Å². The number of hydrogen-bond acceptors (Lipinski definition) is 7. The predicted octanol–water partition coefficient (Wildman–Crippen LogP) is 5.66. The van der Waals surface area contributed by atoms with E-state index in [0.29, 0.717) is 16.8 Å². The second-order valence-corrected chi connectivity index (χ2v) is 8.43. The zero-order valence-electron chi connectivity index (χ0n) is 19.4. The number of rotatable bonds is 9. The maximum absolute atomic E-state index is 13.4. The number of aromatic nitrogens is 2. The maximum atomic E-state index is 13.4. The predicted molar refractivity (Wildman–Crippen MR) is 124 cm³/mol. The van der Waals surface area contributed by atoms with Crippen molar-refractivity contribution in [3.63, 3.8) is 0 Å². The summed E-state index contributed by atoms with van der Waals surface area (Å²) in [4.78, 5) is 16.5. The molecule has 37 heavy (non-hydrogen) atoms. The number of anilines is 1. The molecule has 0 bridgehead atoms. The van der Waals surface area contributed by atoms with Crippen LogP contribution in [0.3, 0.4) is 0 Å². The highest BCUT2D eigenvalue weighted by Gasteiger charge is 2.38. The highest BCUT2D eigenvalue weighted by molar-refractivity contribution is 7.13. The Bertz CT molecular complexity index is 1250. The van der Waals surface area contributed by atoms with Crippen molar-refractivity contribution in [1.29, 1.82) is 0 Å². The van der Waals surface area contributed by atoms with Gasteiger partial charge in [-0.15, -0.1) is 10.2 Å². The molecule has 0 radical (unpaired) electrons. The first-order valence-electron chi connectivity index (χ1n) is 10.5. The number of halogens is 6. The molecule has 1 N–H and O–H groups in total. The van der Waals surface area contributed by atoms with Gasteiger partial charge in [0.25, 0.3) is 0 Å². The molecule has 3 rings (SSSR count). The summed E-state index contributed by atoms with van der Waals surface area (Å²) in [6.07, 6.45) is -8.28. The van der Waals surface area contributed by atoms with Gasteiger partial charge in [-0.1, -0.05) is 23.5 Å². The van der Waals surface area contributed by atoms with E-state index in [1.54, 1.807) is 12.1 Å². The zero-order chi connectivity index (χ0) is 27.2. The van der Waals surface area contributed by atoms with E-state index in [1.807, 2.05) is 0 Å². The fraction of sp³-hybridized carbons (Fsp3) is 0.304. The normalized spacial score (nSPS) is 13.0. The largest absolute Gasteiger partial charge is 0.493 e. The molecule has 198 valence electrons. The van der Waals surface area contributed by atoms with Crippen LogP contribution in [0.1, 0.15) is 22.3 Å². The van der Waals surface area contributed by atoms with Crippen molar-refractivity contribution >= 4 is 28.6 Å². The number of carbonyl (C=O) groups excluding carboxylic acids is 1. The molecule has 1 atom stereocenters. The Kier molecular flexibility index (Phi) is 8.73. The molecule has 0 spiro atoms. The van der Waals surface area contributed by atoms with Crippen LogP contribution < -0.4 is 14.8 Å². The van der Waals surface area contributed by atoms with E-state index in [0.717, 1.165) is 17.4 Å². The Balaban J connectivity index is 1.78. The fourth-order valence-corrected chi connectivity index (χ4v) is 3.78. The van der Waals surface area contributed by atoms with Gasteiger partial charge in [-0.25, -0.2) is 0 Å². The minimum Gasteiger partial charge on any atom is -0.493 e. The second-order valence-electron chi connectivity index (χ2n) is 7.59. The molecule has 7 nitrogen and oxygen atoms in total. The molecule has 1 unspecified atom stereocenters. The first kappa shape index (κ1) is 27.9. The zero-order valence-corrected chi connectivity index (χ0v) is 20.2. The number of hydrogen-bond donors (Lipinski definition) is 1. The Morgan fingerprint density at radius 1 is 1.11 bits per heavy atom. The van der Waals surface area contributed by atoms with Crippen molar-refractivity contribution in [2.24, 2.45) is 10.9 Å². The molecule has 2 aromatic carbocycles. The van der Waals surface area contributed by atoms with E-state index in [2.05, 4.69) is 20.5 Å². The fourth-order valence-electron chi connectivity index (χ4n) is 3.33. The third-order valence-electron chi connectivity index (χ3n) is 5.07. The van der Waals surface area contributed by atoms with Gasteiger partial charge >= 0.3 is 12.4 Å². The number of carbonyl (C=O) groups is 1. The van der Waals surface area contributed by atoms with Gasteiger partial charge in [-0.3, -0.25) is 10.1 Å². The number of ether oxygens (including phenoxy) is 2. The Hall–Kier alpha value is -3.68. The van der Waals surface area contributed by atoms with Crippen LogP contribution in [-0.4, -0.2) is 36.5 Å². The number of alkyl halides is 6. The topological polar surface area (TPSA) is 85.7 Å². The number of aliphatic imine (C=N–C) groups is 1. The summed E-state index contributed by atoms with van der Waals surface area (Å²) in [6.45, 7) is -0.655. The molecular weight excluding hydrogens is 526 g/mol.